The highest BCUT2D eigenvalue weighted by Gasteiger charge is 2.24. The van der Waals surface area contributed by atoms with Crippen LogP contribution in [0.3, 0.4) is 0 Å². The minimum absolute atomic E-state index is 0. The molecule has 1 aliphatic rings. The molecule has 0 bridgehead atoms. The maximum Gasteiger partial charge on any atom is 0.193 e. The number of rotatable bonds is 9. The van der Waals surface area contributed by atoms with Crippen molar-refractivity contribution >= 4 is 40.7 Å². The summed E-state index contributed by atoms with van der Waals surface area (Å²) >= 11 is 0. The van der Waals surface area contributed by atoms with E-state index in [-0.39, 0.29) is 24.0 Å². The van der Waals surface area contributed by atoms with Crippen LogP contribution in [0.2, 0.25) is 0 Å². The second-order valence-corrected chi connectivity index (χ2v) is 8.39. The lowest BCUT2D eigenvalue weighted by molar-refractivity contribution is 0.233. The number of likely N-dealkylation sites (N-methyl/N-ethyl adjacent to an activating group) is 2. The first-order valence-electron chi connectivity index (χ1n) is 9.76. The van der Waals surface area contributed by atoms with Crippen molar-refractivity contribution in [2.24, 2.45) is 4.99 Å². The van der Waals surface area contributed by atoms with Crippen LogP contribution in [0.4, 0.5) is 0 Å². The third-order valence-corrected chi connectivity index (χ3v) is 6.13. The van der Waals surface area contributed by atoms with Gasteiger partial charge in [-0.3, -0.25) is 14.1 Å². The number of benzene rings is 1. The van der Waals surface area contributed by atoms with Crippen LogP contribution >= 0.6 is 24.0 Å². The van der Waals surface area contributed by atoms with Gasteiger partial charge in [0.15, 0.2) is 5.96 Å². The van der Waals surface area contributed by atoms with Gasteiger partial charge in [0.2, 0.25) is 0 Å². The summed E-state index contributed by atoms with van der Waals surface area (Å²) in [5.41, 5.74) is 1.12. The summed E-state index contributed by atoms with van der Waals surface area (Å²) < 4.78 is 12.3. The van der Waals surface area contributed by atoms with E-state index in [2.05, 4.69) is 36.0 Å². The minimum Gasteiger partial charge on any atom is -0.357 e. The van der Waals surface area contributed by atoms with Crippen molar-refractivity contribution < 1.29 is 4.21 Å². The molecule has 0 saturated carbocycles. The Labute approximate surface area is 184 Å². The number of nitrogens with one attached hydrogen (secondary N) is 1. The summed E-state index contributed by atoms with van der Waals surface area (Å²) in [6, 6.07) is 10.6. The topological polar surface area (TPSA) is 47.9 Å². The van der Waals surface area contributed by atoms with Gasteiger partial charge in [-0.05, 0) is 38.4 Å². The molecule has 0 radical (unpaired) electrons. The van der Waals surface area contributed by atoms with Gasteiger partial charge in [0.1, 0.15) is 0 Å². The highest BCUT2D eigenvalue weighted by atomic mass is 127. The molecule has 1 aromatic carbocycles. The van der Waals surface area contributed by atoms with Crippen molar-refractivity contribution in [3.8, 4) is 0 Å². The van der Waals surface area contributed by atoms with Crippen molar-refractivity contribution in [2.45, 2.75) is 38.5 Å². The van der Waals surface area contributed by atoms with E-state index in [0.717, 1.165) is 31.2 Å². The Morgan fingerprint density at radius 3 is 2.74 bits per heavy atom. The van der Waals surface area contributed by atoms with Crippen LogP contribution in [-0.2, 0) is 16.6 Å². The molecule has 2 unspecified atom stereocenters. The van der Waals surface area contributed by atoms with Crippen molar-refractivity contribution in [3.05, 3.63) is 35.9 Å². The van der Waals surface area contributed by atoms with E-state index in [0.29, 0.717) is 24.1 Å². The van der Waals surface area contributed by atoms with Crippen LogP contribution in [0.25, 0.3) is 0 Å². The van der Waals surface area contributed by atoms with E-state index < -0.39 is 10.8 Å². The molecule has 0 aliphatic carbocycles. The molecule has 154 valence electrons. The largest absolute Gasteiger partial charge is 0.357 e. The van der Waals surface area contributed by atoms with Crippen LogP contribution in [0.5, 0.6) is 0 Å². The summed E-state index contributed by atoms with van der Waals surface area (Å²) in [6.45, 7) is 9.08. The molecule has 1 fully saturated rings. The summed E-state index contributed by atoms with van der Waals surface area (Å²) in [5, 5.41) is 3.37. The number of likely N-dealkylation sites (tertiary alicyclic amines) is 1. The number of guanidine groups is 1. The van der Waals surface area contributed by atoms with Gasteiger partial charge < -0.3 is 10.2 Å². The average Bonchev–Trinajstić information content (AvgIpc) is 3.09. The fourth-order valence-corrected chi connectivity index (χ4v) is 4.48. The lowest BCUT2D eigenvalue weighted by atomic mass is 10.2. The fourth-order valence-electron chi connectivity index (χ4n) is 3.48. The molecule has 1 aliphatic heterocycles. The van der Waals surface area contributed by atoms with Gasteiger partial charge in [-0.25, -0.2) is 0 Å². The summed E-state index contributed by atoms with van der Waals surface area (Å²) in [5.74, 6) is 2.13. The normalized spacial score (nSPS) is 18.8. The molecule has 2 atom stereocenters. The van der Waals surface area contributed by atoms with Gasteiger partial charge in [-0.1, -0.05) is 37.3 Å². The zero-order valence-corrected chi connectivity index (χ0v) is 20.0. The van der Waals surface area contributed by atoms with E-state index >= 15 is 0 Å². The molecule has 0 spiro atoms. The van der Waals surface area contributed by atoms with Gasteiger partial charge >= 0.3 is 0 Å². The first-order chi connectivity index (χ1) is 12.6. The van der Waals surface area contributed by atoms with Gasteiger partial charge in [-0.2, -0.15) is 0 Å². The number of halogens is 1. The SMILES string of the molecule is CCNC(=NCCS(=O)Cc1ccccc1)N(C)CC1CCCN1CC.I. The summed E-state index contributed by atoms with van der Waals surface area (Å²) in [7, 11) is 1.23. The van der Waals surface area contributed by atoms with Crippen molar-refractivity contribution in [1.82, 2.24) is 15.1 Å². The molecule has 2 rings (SSSR count). The zero-order valence-electron chi connectivity index (χ0n) is 16.9. The maximum absolute atomic E-state index is 12.3. The highest BCUT2D eigenvalue weighted by molar-refractivity contribution is 14.0. The second-order valence-electron chi connectivity index (χ2n) is 6.81. The Bertz CT molecular complexity index is 585. The van der Waals surface area contributed by atoms with Crippen molar-refractivity contribution in [2.75, 3.05) is 45.5 Å². The first kappa shape index (κ1) is 24.4. The first-order valence-corrected chi connectivity index (χ1v) is 11.2. The molecule has 1 aromatic rings. The molecule has 1 N–H and O–H groups in total. The Hall–Kier alpha value is -0.670. The molecule has 0 amide bonds. The number of hydrogen-bond donors (Lipinski definition) is 1. The summed E-state index contributed by atoms with van der Waals surface area (Å²) in [6.07, 6.45) is 2.55. The van der Waals surface area contributed by atoms with E-state index in [1.165, 1.54) is 19.4 Å². The minimum atomic E-state index is -0.877. The molecule has 5 nitrogen and oxygen atoms in total. The fraction of sp³-hybridized carbons (Fsp3) is 0.650. The van der Waals surface area contributed by atoms with Gasteiger partial charge in [0.05, 0.1) is 6.54 Å². The standard InChI is InChI=1S/C20H34N4OS.HI/c1-4-21-20(23(3)16-19-12-9-14-24(19)5-2)22-13-15-26(25)17-18-10-7-6-8-11-18;/h6-8,10-11,19H,4-5,9,12-17H2,1-3H3,(H,21,22);1H. The third kappa shape index (κ3) is 8.48. The van der Waals surface area contributed by atoms with Gasteiger partial charge in [-0.15, -0.1) is 24.0 Å². The quantitative estimate of drug-likeness (QED) is 0.318. The predicted molar refractivity (Wildman–Crippen MR) is 127 cm³/mol. The monoisotopic (exact) mass is 506 g/mol. The van der Waals surface area contributed by atoms with Crippen molar-refractivity contribution in [1.29, 1.82) is 0 Å². The van der Waals surface area contributed by atoms with Crippen LogP contribution in [-0.4, -0.2) is 71.5 Å². The Morgan fingerprint density at radius 2 is 2.07 bits per heavy atom. The number of nitrogens with zero attached hydrogens (tertiary/aromatic N) is 3. The maximum atomic E-state index is 12.3. The third-order valence-electron chi connectivity index (χ3n) is 4.84. The molecule has 27 heavy (non-hydrogen) atoms. The Morgan fingerprint density at radius 1 is 1.33 bits per heavy atom. The van der Waals surface area contributed by atoms with Gasteiger partial charge in [0.25, 0.3) is 0 Å². The van der Waals surface area contributed by atoms with E-state index in [4.69, 9.17) is 4.99 Å². The molecule has 0 aromatic heterocycles. The smallest absolute Gasteiger partial charge is 0.193 e. The molecule has 1 heterocycles. The molecule has 7 heteroatoms. The predicted octanol–water partition coefficient (Wildman–Crippen LogP) is 2.93. The van der Waals surface area contributed by atoms with Gasteiger partial charge in [0, 0.05) is 48.5 Å². The lowest BCUT2D eigenvalue weighted by Crippen LogP contribution is -2.46. The lowest BCUT2D eigenvalue weighted by Gasteiger charge is -2.29. The number of aliphatic imine (C=N–C) groups is 1. The van der Waals surface area contributed by atoms with Crippen LogP contribution in [0.1, 0.15) is 32.3 Å². The van der Waals surface area contributed by atoms with Crippen molar-refractivity contribution in [3.63, 3.8) is 0 Å². The van der Waals surface area contributed by atoms with E-state index in [1.54, 1.807) is 0 Å². The number of hydrogen-bond acceptors (Lipinski definition) is 3. The second kappa shape index (κ2) is 13.5. The molecular formula is C20H35IN4OS. The van der Waals surface area contributed by atoms with Crippen LogP contribution in [0, 0.1) is 0 Å². The van der Waals surface area contributed by atoms with E-state index in [1.807, 2.05) is 30.3 Å². The van der Waals surface area contributed by atoms with Crippen LogP contribution < -0.4 is 5.32 Å². The Balaban J connectivity index is 0.00000364. The molecule has 1 saturated heterocycles. The molecular weight excluding hydrogens is 471 g/mol. The zero-order chi connectivity index (χ0) is 18.8. The van der Waals surface area contributed by atoms with E-state index in [9.17, 15) is 4.21 Å². The summed E-state index contributed by atoms with van der Waals surface area (Å²) in [4.78, 5) is 9.48. The Kier molecular flexibility index (Phi) is 12.2. The average molecular weight is 506 g/mol. The highest BCUT2D eigenvalue weighted by Crippen LogP contribution is 2.17. The van der Waals surface area contributed by atoms with Crippen LogP contribution in [0.15, 0.2) is 35.3 Å².